The number of benzene rings is 2. The Hall–Kier alpha value is -2.94. The number of fused-ring (bicyclic) bond motifs is 1. The first-order valence-corrected chi connectivity index (χ1v) is 8.86. The standard InChI is InChI=1S/C20H19F4N3O2/c1-26(11-13-6-8-14(21)9-7-13)12-19(29)27-16-5-3-2-4-15(16)25-18(28)10-17(27)20(22,23)24/h2-9,17H,10-12H2,1H3,(H,25,28). The monoisotopic (exact) mass is 409 g/mol. The van der Waals surface area contributed by atoms with Gasteiger partial charge in [0.1, 0.15) is 11.9 Å². The number of halogens is 4. The zero-order valence-corrected chi connectivity index (χ0v) is 15.5. The van der Waals surface area contributed by atoms with Crippen LogP contribution in [0.4, 0.5) is 28.9 Å². The molecule has 1 unspecified atom stereocenters. The minimum Gasteiger partial charge on any atom is -0.324 e. The molecule has 0 aromatic heterocycles. The minimum atomic E-state index is -4.78. The quantitative estimate of drug-likeness (QED) is 0.786. The van der Waals surface area contributed by atoms with E-state index >= 15 is 0 Å². The van der Waals surface area contributed by atoms with Crippen LogP contribution in [-0.4, -0.2) is 42.5 Å². The van der Waals surface area contributed by atoms with Gasteiger partial charge in [-0.3, -0.25) is 19.4 Å². The Morgan fingerprint density at radius 3 is 2.48 bits per heavy atom. The van der Waals surface area contributed by atoms with Gasteiger partial charge in [0.2, 0.25) is 11.8 Å². The van der Waals surface area contributed by atoms with Crippen LogP contribution in [0.5, 0.6) is 0 Å². The average Bonchev–Trinajstić information content (AvgIpc) is 2.79. The molecule has 1 N–H and O–H groups in total. The van der Waals surface area contributed by atoms with Crippen molar-refractivity contribution in [1.82, 2.24) is 4.90 Å². The van der Waals surface area contributed by atoms with Crippen LogP contribution in [0, 0.1) is 5.82 Å². The predicted octanol–water partition coefficient (Wildman–Crippen LogP) is 3.56. The van der Waals surface area contributed by atoms with E-state index in [1.807, 2.05) is 0 Å². The van der Waals surface area contributed by atoms with Gasteiger partial charge in [-0.15, -0.1) is 0 Å². The summed E-state index contributed by atoms with van der Waals surface area (Å²) < 4.78 is 54.1. The van der Waals surface area contributed by atoms with Gasteiger partial charge in [0.25, 0.3) is 0 Å². The highest BCUT2D eigenvalue weighted by Gasteiger charge is 2.49. The second-order valence-electron chi connectivity index (χ2n) is 6.89. The summed E-state index contributed by atoms with van der Waals surface area (Å²) in [6.45, 7) is -0.0676. The van der Waals surface area contributed by atoms with Gasteiger partial charge in [0, 0.05) is 6.54 Å². The molecule has 0 saturated carbocycles. The first-order valence-electron chi connectivity index (χ1n) is 8.86. The van der Waals surface area contributed by atoms with Crippen LogP contribution < -0.4 is 10.2 Å². The lowest BCUT2D eigenvalue weighted by atomic mass is 10.1. The molecular weight excluding hydrogens is 390 g/mol. The molecule has 0 radical (unpaired) electrons. The van der Waals surface area contributed by atoms with E-state index in [1.54, 1.807) is 25.2 Å². The van der Waals surface area contributed by atoms with Gasteiger partial charge in [0.15, 0.2) is 0 Å². The summed E-state index contributed by atoms with van der Waals surface area (Å²) in [5.74, 6) is -2.01. The number of nitrogens with zero attached hydrogens (tertiary/aromatic N) is 2. The lowest BCUT2D eigenvalue weighted by Gasteiger charge is -2.33. The van der Waals surface area contributed by atoms with E-state index in [0.29, 0.717) is 10.5 Å². The Morgan fingerprint density at radius 1 is 1.17 bits per heavy atom. The van der Waals surface area contributed by atoms with E-state index in [1.165, 1.54) is 35.2 Å². The lowest BCUT2D eigenvalue weighted by molar-refractivity contribution is -0.158. The van der Waals surface area contributed by atoms with Crippen molar-refractivity contribution in [3.8, 4) is 0 Å². The number of amides is 2. The highest BCUT2D eigenvalue weighted by Crippen LogP contribution is 2.37. The number of para-hydroxylation sites is 2. The van der Waals surface area contributed by atoms with Crippen LogP contribution in [0.1, 0.15) is 12.0 Å². The van der Waals surface area contributed by atoms with E-state index in [0.717, 1.165) is 0 Å². The number of rotatable bonds is 4. The van der Waals surface area contributed by atoms with Gasteiger partial charge in [-0.1, -0.05) is 24.3 Å². The van der Waals surface area contributed by atoms with Crippen molar-refractivity contribution < 1.29 is 27.2 Å². The molecule has 1 aliphatic heterocycles. The molecule has 0 saturated heterocycles. The number of hydrogen-bond acceptors (Lipinski definition) is 3. The summed E-state index contributed by atoms with van der Waals surface area (Å²) >= 11 is 0. The molecule has 2 amide bonds. The van der Waals surface area contributed by atoms with E-state index in [2.05, 4.69) is 5.32 Å². The maximum absolute atomic E-state index is 13.7. The largest absolute Gasteiger partial charge is 0.409 e. The summed E-state index contributed by atoms with van der Waals surface area (Å²) in [7, 11) is 1.58. The van der Waals surface area contributed by atoms with Crippen molar-refractivity contribution >= 4 is 23.2 Å². The molecule has 3 rings (SSSR count). The van der Waals surface area contributed by atoms with Gasteiger partial charge in [-0.05, 0) is 36.9 Å². The maximum Gasteiger partial charge on any atom is 0.409 e. The van der Waals surface area contributed by atoms with Crippen LogP contribution in [0.3, 0.4) is 0 Å². The van der Waals surface area contributed by atoms with Gasteiger partial charge in [-0.2, -0.15) is 13.2 Å². The fourth-order valence-corrected chi connectivity index (χ4v) is 3.26. The zero-order valence-electron chi connectivity index (χ0n) is 15.5. The summed E-state index contributed by atoms with van der Waals surface area (Å²) in [6, 6.07) is 9.25. The molecule has 0 fully saturated rings. The van der Waals surface area contributed by atoms with Crippen molar-refractivity contribution in [3.05, 3.63) is 59.9 Å². The molecule has 0 spiro atoms. The highest BCUT2D eigenvalue weighted by molar-refractivity contribution is 6.05. The van der Waals surface area contributed by atoms with Crippen LogP contribution in [0.2, 0.25) is 0 Å². The third-order valence-corrected chi connectivity index (χ3v) is 4.55. The van der Waals surface area contributed by atoms with Crippen molar-refractivity contribution in [2.45, 2.75) is 25.2 Å². The van der Waals surface area contributed by atoms with Crippen molar-refractivity contribution in [2.24, 2.45) is 0 Å². The Bertz CT molecular complexity index is 899. The molecule has 2 aromatic rings. The van der Waals surface area contributed by atoms with Gasteiger partial charge in [0.05, 0.1) is 24.3 Å². The normalized spacial score (nSPS) is 17.0. The molecule has 9 heteroatoms. The van der Waals surface area contributed by atoms with E-state index < -0.39 is 36.3 Å². The number of nitrogens with one attached hydrogen (secondary N) is 1. The number of carbonyl (C=O) groups excluding carboxylic acids is 2. The predicted molar refractivity (Wildman–Crippen MR) is 99.8 cm³/mol. The van der Waals surface area contributed by atoms with Crippen molar-refractivity contribution in [1.29, 1.82) is 0 Å². The molecule has 1 heterocycles. The number of carbonyl (C=O) groups is 2. The smallest absolute Gasteiger partial charge is 0.324 e. The van der Waals surface area contributed by atoms with Crippen LogP contribution >= 0.6 is 0 Å². The molecule has 0 aliphatic carbocycles. The first kappa shape index (κ1) is 20.8. The maximum atomic E-state index is 13.7. The first-order chi connectivity index (χ1) is 13.6. The van der Waals surface area contributed by atoms with E-state index in [4.69, 9.17) is 0 Å². The van der Waals surface area contributed by atoms with Crippen molar-refractivity contribution in [2.75, 3.05) is 23.8 Å². The summed E-state index contributed by atoms with van der Waals surface area (Å²) in [5.41, 5.74) is 0.863. The fourth-order valence-electron chi connectivity index (χ4n) is 3.26. The van der Waals surface area contributed by atoms with Crippen LogP contribution in [0.15, 0.2) is 48.5 Å². The third-order valence-electron chi connectivity index (χ3n) is 4.55. The lowest BCUT2D eigenvalue weighted by Crippen LogP contribution is -2.52. The summed E-state index contributed by atoms with van der Waals surface area (Å²) in [4.78, 5) is 27.1. The molecular formula is C20H19F4N3O2. The van der Waals surface area contributed by atoms with E-state index in [-0.39, 0.29) is 24.5 Å². The minimum absolute atomic E-state index is 0.000794. The highest BCUT2D eigenvalue weighted by atomic mass is 19.4. The van der Waals surface area contributed by atoms with Gasteiger partial charge < -0.3 is 5.32 Å². The second-order valence-corrected chi connectivity index (χ2v) is 6.89. The van der Waals surface area contributed by atoms with Gasteiger partial charge in [-0.25, -0.2) is 4.39 Å². The third kappa shape index (κ3) is 4.92. The number of hydrogen-bond donors (Lipinski definition) is 1. The molecule has 2 aromatic carbocycles. The van der Waals surface area contributed by atoms with Crippen LogP contribution in [-0.2, 0) is 16.1 Å². The topological polar surface area (TPSA) is 52.7 Å². The van der Waals surface area contributed by atoms with E-state index in [9.17, 15) is 27.2 Å². The number of likely N-dealkylation sites (N-methyl/N-ethyl adjacent to an activating group) is 1. The summed E-state index contributed by atoms with van der Waals surface area (Å²) in [5, 5.41) is 2.43. The molecule has 1 aliphatic rings. The molecule has 0 bridgehead atoms. The Kier molecular flexibility index (Phi) is 5.88. The molecule has 154 valence electrons. The second kappa shape index (κ2) is 8.20. The Morgan fingerprint density at radius 2 is 1.83 bits per heavy atom. The number of anilines is 2. The zero-order chi connectivity index (χ0) is 21.2. The fraction of sp³-hybridized carbons (Fsp3) is 0.300. The molecule has 1 atom stereocenters. The number of alkyl halides is 3. The van der Waals surface area contributed by atoms with Crippen molar-refractivity contribution in [3.63, 3.8) is 0 Å². The SMILES string of the molecule is CN(CC(=O)N1c2ccccc2NC(=O)CC1C(F)(F)F)Cc1ccc(F)cc1. The average molecular weight is 409 g/mol. The Balaban J connectivity index is 1.86. The van der Waals surface area contributed by atoms with Gasteiger partial charge >= 0.3 is 6.18 Å². The Labute approximate surface area is 164 Å². The molecule has 5 nitrogen and oxygen atoms in total. The summed E-state index contributed by atoms with van der Waals surface area (Å²) in [6.07, 6.45) is -5.66. The van der Waals surface area contributed by atoms with Crippen LogP contribution in [0.25, 0.3) is 0 Å². The molecule has 29 heavy (non-hydrogen) atoms.